The maximum Gasteiger partial charge on any atom is 0.323 e. The molecule has 88 valence electrons. The SMILES string of the molecule is Cc1ccc(Br)cc1NC(=O)c1c[nH]c(=O)[nH]1. The molecule has 6 heteroatoms. The van der Waals surface area contributed by atoms with Crippen LogP contribution in [0.3, 0.4) is 0 Å². The van der Waals surface area contributed by atoms with Gasteiger partial charge in [0.25, 0.3) is 5.91 Å². The van der Waals surface area contributed by atoms with Gasteiger partial charge in [-0.25, -0.2) is 4.79 Å². The van der Waals surface area contributed by atoms with Crippen molar-refractivity contribution in [3.8, 4) is 0 Å². The fourth-order valence-electron chi connectivity index (χ4n) is 1.37. The van der Waals surface area contributed by atoms with Crippen molar-refractivity contribution in [3.63, 3.8) is 0 Å². The van der Waals surface area contributed by atoms with E-state index < -0.39 is 5.69 Å². The summed E-state index contributed by atoms with van der Waals surface area (Å²) in [5.41, 5.74) is 1.45. The number of anilines is 1. The Morgan fingerprint density at radius 1 is 1.41 bits per heavy atom. The predicted octanol–water partition coefficient (Wildman–Crippen LogP) is 2.03. The van der Waals surface area contributed by atoms with Crippen LogP contribution in [0.2, 0.25) is 0 Å². The van der Waals surface area contributed by atoms with Crippen molar-refractivity contribution >= 4 is 27.5 Å². The van der Waals surface area contributed by atoms with Crippen molar-refractivity contribution in [2.24, 2.45) is 0 Å². The molecule has 1 amide bonds. The zero-order valence-corrected chi connectivity index (χ0v) is 10.6. The number of halogens is 1. The van der Waals surface area contributed by atoms with Crippen LogP contribution in [-0.4, -0.2) is 15.9 Å². The smallest absolute Gasteiger partial charge is 0.320 e. The van der Waals surface area contributed by atoms with Gasteiger partial charge in [0, 0.05) is 16.4 Å². The lowest BCUT2D eigenvalue weighted by atomic mass is 10.2. The Balaban J connectivity index is 2.24. The fraction of sp³-hybridized carbons (Fsp3) is 0.0909. The van der Waals surface area contributed by atoms with E-state index in [1.165, 1.54) is 6.20 Å². The molecule has 5 nitrogen and oxygen atoms in total. The summed E-state index contributed by atoms with van der Waals surface area (Å²) in [6.45, 7) is 1.89. The number of aryl methyl sites for hydroxylation is 1. The van der Waals surface area contributed by atoms with Crippen molar-refractivity contribution < 1.29 is 4.79 Å². The van der Waals surface area contributed by atoms with Crippen molar-refractivity contribution in [2.75, 3.05) is 5.32 Å². The zero-order valence-electron chi connectivity index (χ0n) is 9.00. The van der Waals surface area contributed by atoms with Crippen molar-refractivity contribution in [2.45, 2.75) is 6.92 Å². The average molecular weight is 296 g/mol. The Bertz CT molecular complexity index is 615. The molecule has 0 radical (unpaired) electrons. The number of hydrogen-bond donors (Lipinski definition) is 3. The minimum absolute atomic E-state index is 0.203. The van der Waals surface area contributed by atoms with Gasteiger partial charge >= 0.3 is 5.69 Å². The van der Waals surface area contributed by atoms with Crippen LogP contribution in [0.5, 0.6) is 0 Å². The van der Waals surface area contributed by atoms with E-state index in [9.17, 15) is 9.59 Å². The second-order valence-corrected chi connectivity index (χ2v) is 4.49. The van der Waals surface area contributed by atoms with Gasteiger partial charge in [0.05, 0.1) is 0 Å². The maximum absolute atomic E-state index is 11.8. The van der Waals surface area contributed by atoms with Gasteiger partial charge in [-0.05, 0) is 24.6 Å². The summed E-state index contributed by atoms with van der Waals surface area (Å²) >= 11 is 3.33. The third-order valence-corrected chi connectivity index (χ3v) is 2.78. The quantitative estimate of drug-likeness (QED) is 0.793. The number of carbonyl (C=O) groups excluding carboxylic acids is 1. The van der Waals surface area contributed by atoms with Crippen LogP contribution in [0.25, 0.3) is 0 Å². The van der Waals surface area contributed by atoms with Crippen molar-refractivity contribution in [1.29, 1.82) is 0 Å². The minimum Gasteiger partial charge on any atom is -0.320 e. The Labute approximate surface area is 105 Å². The first kappa shape index (κ1) is 11.7. The van der Waals surface area contributed by atoms with Crippen LogP contribution < -0.4 is 11.0 Å². The van der Waals surface area contributed by atoms with Crippen LogP contribution in [0.1, 0.15) is 16.1 Å². The maximum atomic E-state index is 11.8. The predicted molar refractivity (Wildman–Crippen MR) is 68.2 cm³/mol. The lowest BCUT2D eigenvalue weighted by Gasteiger charge is -2.07. The number of rotatable bonds is 2. The van der Waals surface area contributed by atoms with Gasteiger partial charge in [0.2, 0.25) is 0 Å². The normalized spacial score (nSPS) is 10.2. The Morgan fingerprint density at radius 3 is 2.82 bits per heavy atom. The summed E-state index contributed by atoms with van der Waals surface area (Å²) in [4.78, 5) is 27.4. The van der Waals surface area contributed by atoms with Gasteiger partial charge in [-0.2, -0.15) is 0 Å². The molecule has 2 aromatic rings. The molecular weight excluding hydrogens is 286 g/mol. The Kier molecular flexibility index (Phi) is 3.14. The highest BCUT2D eigenvalue weighted by molar-refractivity contribution is 9.10. The second kappa shape index (κ2) is 4.58. The van der Waals surface area contributed by atoms with Gasteiger partial charge in [0.1, 0.15) is 5.69 Å². The highest BCUT2D eigenvalue weighted by Gasteiger charge is 2.09. The average Bonchev–Trinajstić information content (AvgIpc) is 2.70. The molecule has 0 spiro atoms. The molecule has 3 N–H and O–H groups in total. The van der Waals surface area contributed by atoms with E-state index >= 15 is 0 Å². The van der Waals surface area contributed by atoms with E-state index in [4.69, 9.17) is 0 Å². The van der Waals surface area contributed by atoms with Crippen LogP contribution >= 0.6 is 15.9 Å². The largest absolute Gasteiger partial charge is 0.323 e. The summed E-state index contributed by atoms with van der Waals surface area (Å²) in [6.07, 6.45) is 1.34. The van der Waals surface area contributed by atoms with Crippen molar-refractivity contribution in [1.82, 2.24) is 9.97 Å². The molecule has 0 fully saturated rings. The topological polar surface area (TPSA) is 77.8 Å². The molecule has 2 rings (SSSR count). The van der Waals surface area contributed by atoms with E-state index in [0.717, 1.165) is 10.0 Å². The lowest BCUT2D eigenvalue weighted by Crippen LogP contribution is -2.14. The second-order valence-electron chi connectivity index (χ2n) is 3.57. The molecule has 0 aliphatic carbocycles. The molecule has 0 saturated carbocycles. The summed E-state index contributed by atoms with van der Waals surface area (Å²) < 4.78 is 0.876. The highest BCUT2D eigenvalue weighted by atomic mass is 79.9. The highest BCUT2D eigenvalue weighted by Crippen LogP contribution is 2.20. The summed E-state index contributed by atoms with van der Waals surface area (Å²) in [6, 6.07) is 5.58. The summed E-state index contributed by atoms with van der Waals surface area (Å²) in [5, 5.41) is 2.72. The zero-order chi connectivity index (χ0) is 12.4. The lowest BCUT2D eigenvalue weighted by molar-refractivity contribution is 0.102. The van der Waals surface area contributed by atoms with E-state index in [1.54, 1.807) is 6.07 Å². The molecule has 0 bridgehead atoms. The molecule has 1 heterocycles. The van der Waals surface area contributed by atoms with E-state index in [-0.39, 0.29) is 11.6 Å². The Morgan fingerprint density at radius 2 is 2.18 bits per heavy atom. The van der Waals surface area contributed by atoms with Crippen LogP contribution in [0.4, 0.5) is 5.69 Å². The van der Waals surface area contributed by atoms with Gasteiger partial charge in [-0.1, -0.05) is 22.0 Å². The van der Waals surface area contributed by atoms with Gasteiger partial charge in [-0.15, -0.1) is 0 Å². The van der Waals surface area contributed by atoms with E-state index in [2.05, 4.69) is 31.2 Å². The number of aromatic nitrogens is 2. The summed E-state index contributed by atoms with van der Waals surface area (Å²) in [7, 11) is 0. The number of hydrogen-bond acceptors (Lipinski definition) is 2. The monoisotopic (exact) mass is 295 g/mol. The van der Waals surface area contributed by atoms with Gasteiger partial charge < -0.3 is 15.3 Å². The number of benzene rings is 1. The number of aromatic amines is 2. The number of H-pyrrole nitrogens is 2. The fourth-order valence-corrected chi connectivity index (χ4v) is 1.73. The minimum atomic E-state index is -0.402. The molecule has 0 atom stereocenters. The molecule has 0 saturated heterocycles. The van der Waals surface area contributed by atoms with E-state index in [0.29, 0.717) is 5.69 Å². The molecule has 0 aliphatic rings. The molecular formula is C11H10BrN3O2. The standard InChI is InChI=1S/C11H10BrN3O2/c1-6-2-3-7(12)4-8(6)14-10(16)9-5-13-11(17)15-9/h2-5H,1H3,(H,14,16)(H2,13,15,17). The van der Waals surface area contributed by atoms with Gasteiger partial charge in [0.15, 0.2) is 0 Å². The van der Waals surface area contributed by atoms with Crippen molar-refractivity contribution in [3.05, 3.63) is 50.6 Å². The number of imidazole rings is 1. The summed E-state index contributed by atoms with van der Waals surface area (Å²) in [5.74, 6) is -0.357. The molecule has 17 heavy (non-hydrogen) atoms. The molecule has 1 aromatic carbocycles. The van der Waals surface area contributed by atoms with E-state index in [1.807, 2.05) is 19.1 Å². The molecule has 0 unspecified atom stereocenters. The van der Waals surface area contributed by atoms with Gasteiger partial charge in [-0.3, -0.25) is 4.79 Å². The molecule has 0 aliphatic heterocycles. The van der Waals surface area contributed by atoms with Crippen LogP contribution in [0.15, 0.2) is 33.7 Å². The first-order chi connectivity index (χ1) is 8.06. The molecule has 1 aromatic heterocycles. The third-order valence-electron chi connectivity index (χ3n) is 2.29. The number of nitrogens with one attached hydrogen (secondary N) is 3. The number of amides is 1. The Hall–Kier alpha value is -1.82. The first-order valence-electron chi connectivity index (χ1n) is 4.91. The van der Waals surface area contributed by atoms with Crippen LogP contribution in [-0.2, 0) is 0 Å². The third kappa shape index (κ3) is 2.65. The van der Waals surface area contributed by atoms with Crippen LogP contribution in [0, 0.1) is 6.92 Å². The first-order valence-corrected chi connectivity index (χ1v) is 5.71. The number of carbonyl (C=O) groups is 1.